The van der Waals surface area contributed by atoms with E-state index in [4.69, 9.17) is 9.47 Å². The standard InChI is InChI=1S/C24H28F3N3O3/c1-14(28-23(31)15-5-6-19-16(7-15)12-33-13-24(19,26)27)22-20(25)8-17(9-21(22)32-4)30-10-18(11-30)29(2)3/h5-9,14,18H,10-13H2,1-4H3,(H,28,31)/t14-/m0/s1. The second kappa shape index (κ2) is 8.87. The van der Waals surface area contributed by atoms with Gasteiger partial charge in [0.2, 0.25) is 0 Å². The highest BCUT2D eigenvalue weighted by Crippen LogP contribution is 2.37. The fourth-order valence-corrected chi connectivity index (χ4v) is 4.27. The van der Waals surface area contributed by atoms with Crippen LogP contribution in [0.5, 0.6) is 5.75 Å². The zero-order chi connectivity index (χ0) is 23.9. The van der Waals surface area contributed by atoms with Crippen molar-refractivity contribution in [3.8, 4) is 5.75 Å². The van der Waals surface area contributed by atoms with Crippen LogP contribution < -0.4 is 15.0 Å². The average Bonchev–Trinajstić information content (AvgIpc) is 2.71. The summed E-state index contributed by atoms with van der Waals surface area (Å²) in [6.45, 7) is 2.58. The summed E-state index contributed by atoms with van der Waals surface area (Å²) < 4.78 is 53.5. The number of hydrogen-bond acceptors (Lipinski definition) is 5. The number of alkyl halides is 2. The number of carbonyl (C=O) groups is 1. The van der Waals surface area contributed by atoms with Crippen LogP contribution in [0, 0.1) is 5.82 Å². The predicted molar refractivity (Wildman–Crippen MR) is 119 cm³/mol. The van der Waals surface area contributed by atoms with E-state index in [1.165, 1.54) is 31.4 Å². The SMILES string of the molecule is COc1cc(N2CC(N(C)C)C2)cc(F)c1[C@H](C)NC(=O)c1ccc2c(c1)COCC2(F)F. The Bertz CT molecular complexity index is 1050. The molecular formula is C24H28F3N3O3. The molecule has 4 rings (SSSR count). The zero-order valence-electron chi connectivity index (χ0n) is 19.1. The van der Waals surface area contributed by atoms with Gasteiger partial charge in [-0.15, -0.1) is 0 Å². The van der Waals surface area contributed by atoms with Gasteiger partial charge in [0.15, 0.2) is 0 Å². The highest BCUT2D eigenvalue weighted by Gasteiger charge is 2.38. The molecule has 2 aromatic carbocycles. The Balaban J connectivity index is 1.51. The summed E-state index contributed by atoms with van der Waals surface area (Å²) in [7, 11) is 5.48. The molecule has 9 heteroatoms. The minimum Gasteiger partial charge on any atom is -0.496 e. The number of anilines is 1. The van der Waals surface area contributed by atoms with Crippen LogP contribution in [-0.4, -0.2) is 57.8 Å². The number of nitrogens with zero attached hydrogens (tertiary/aromatic N) is 2. The lowest BCUT2D eigenvalue weighted by Crippen LogP contribution is -2.57. The van der Waals surface area contributed by atoms with Crippen molar-refractivity contribution in [2.45, 2.75) is 31.5 Å². The Morgan fingerprint density at radius 3 is 2.67 bits per heavy atom. The lowest BCUT2D eigenvalue weighted by Gasteiger charge is -2.44. The third kappa shape index (κ3) is 4.52. The van der Waals surface area contributed by atoms with Gasteiger partial charge in [0, 0.05) is 42.0 Å². The van der Waals surface area contributed by atoms with Gasteiger partial charge in [-0.05, 0) is 44.8 Å². The number of fused-ring (bicyclic) bond motifs is 1. The molecule has 0 radical (unpaired) electrons. The smallest absolute Gasteiger partial charge is 0.296 e. The summed E-state index contributed by atoms with van der Waals surface area (Å²) in [6.07, 6.45) is 0. The van der Waals surface area contributed by atoms with Gasteiger partial charge >= 0.3 is 0 Å². The molecule has 1 saturated heterocycles. The van der Waals surface area contributed by atoms with E-state index in [0.717, 1.165) is 18.8 Å². The molecule has 6 nitrogen and oxygen atoms in total. The minimum atomic E-state index is -3.09. The van der Waals surface area contributed by atoms with Gasteiger partial charge in [-0.1, -0.05) is 6.07 Å². The van der Waals surface area contributed by atoms with Gasteiger partial charge in [-0.3, -0.25) is 4.79 Å². The van der Waals surface area contributed by atoms with E-state index in [1.54, 1.807) is 13.0 Å². The summed E-state index contributed by atoms with van der Waals surface area (Å²) >= 11 is 0. The summed E-state index contributed by atoms with van der Waals surface area (Å²) in [5.74, 6) is -3.73. The number of ether oxygens (including phenoxy) is 2. The lowest BCUT2D eigenvalue weighted by atomic mass is 9.97. The topological polar surface area (TPSA) is 54.0 Å². The number of benzene rings is 2. The molecular weight excluding hydrogens is 435 g/mol. The molecule has 2 heterocycles. The number of nitrogens with one attached hydrogen (secondary N) is 1. The number of methoxy groups -OCH3 is 1. The van der Waals surface area contributed by atoms with Crippen molar-refractivity contribution in [1.82, 2.24) is 10.2 Å². The first-order valence-electron chi connectivity index (χ1n) is 10.8. The first-order chi connectivity index (χ1) is 15.6. The number of likely N-dealkylation sites (N-methyl/N-ethyl adjacent to an activating group) is 1. The summed E-state index contributed by atoms with van der Waals surface area (Å²) in [6, 6.07) is 6.92. The van der Waals surface area contributed by atoms with Crippen LogP contribution in [0.1, 0.15) is 40.0 Å². The Hall–Kier alpha value is -2.78. The van der Waals surface area contributed by atoms with Crippen molar-refractivity contribution in [3.63, 3.8) is 0 Å². The zero-order valence-corrected chi connectivity index (χ0v) is 19.1. The molecule has 33 heavy (non-hydrogen) atoms. The molecule has 2 aliphatic rings. The number of amides is 1. The van der Waals surface area contributed by atoms with Crippen LogP contribution in [0.15, 0.2) is 30.3 Å². The van der Waals surface area contributed by atoms with Gasteiger partial charge in [-0.25, -0.2) is 4.39 Å². The molecule has 1 fully saturated rings. The monoisotopic (exact) mass is 463 g/mol. The molecule has 1 amide bonds. The molecule has 0 saturated carbocycles. The van der Waals surface area contributed by atoms with Crippen LogP contribution in [0.4, 0.5) is 18.9 Å². The van der Waals surface area contributed by atoms with Crippen LogP contribution in [0.2, 0.25) is 0 Å². The molecule has 0 aromatic heterocycles. The van der Waals surface area contributed by atoms with Crippen molar-refractivity contribution in [1.29, 1.82) is 0 Å². The molecule has 178 valence electrons. The highest BCUT2D eigenvalue weighted by atomic mass is 19.3. The third-order valence-electron chi connectivity index (χ3n) is 6.34. The van der Waals surface area contributed by atoms with E-state index in [-0.39, 0.29) is 28.9 Å². The fourth-order valence-electron chi connectivity index (χ4n) is 4.27. The quantitative estimate of drug-likeness (QED) is 0.708. The molecule has 0 unspecified atom stereocenters. The molecule has 2 aliphatic heterocycles. The first-order valence-corrected chi connectivity index (χ1v) is 10.8. The van der Waals surface area contributed by atoms with Gasteiger partial charge in [0.25, 0.3) is 11.8 Å². The Morgan fingerprint density at radius 1 is 1.27 bits per heavy atom. The van der Waals surface area contributed by atoms with E-state index < -0.39 is 30.3 Å². The normalized spacial score (nSPS) is 18.5. The predicted octanol–water partition coefficient (Wildman–Crippen LogP) is 3.70. The summed E-state index contributed by atoms with van der Waals surface area (Å²) in [4.78, 5) is 17.0. The molecule has 1 N–H and O–H groups in total. The maximum Gasteiger partial charge on any atom is 0.296 e. The van der Waals surface area contributed by atoms with Crippen molar-refractivity contribution in [3.05, 3.63) is 58.4 Å². The van der Waals surface area contributed by atoms with Gasteiger partial charge < -0.3 is 24.6 Å². The Kier molecular flexibility index (Phi) is 6.28. The van der Waals surface area contributed by atoms with Crippen LogP contribution in [0.3, 0.4) is 0 Å². The van der Waals surface area contributed by atoms with E-state index >= 15 is 4.39 Å². The van der Waals surface area contributed by atoms with Crippen molar-refractivity contribution >= 4 is 11.6 Å². The molecule has 0 bridgehead atoms. The molecule has 0 spiro atoms. The first kappa shape index (κ1) is 23.4. The summed E-state index contributed by atoms with van der Waals surface area (Å²) in [5, 5.41) is 2.75. The van der Waals surface area contributed by atoms with Crippen LogP contribution >= 0.6 is 0 Å². The van der Waals surface area contributed by atoms with Gasteiger partial charge in [0.05, 0.1) is 25.3 Å². The Morgan fingerprint density at radius 2 is 2.00 bits per heavy atom. The summed E-state index contributed by atoms with van der Waals surface area (Å²) in [5.41, 5.74) is 1.29. The highest BCUT2D eigenvalue weighted by molar-refractivity contribution is 5.94. The number of carbonyl (C=O) groups excluding carboxylic acids is 1. The van der Waals surface area contributed by atoms with E-state index in [0.29, 0.717) is 11.8 Å². The largest absolute Gasteiger partial charge is 0.496 e. The average molecular weight is 464 g/mol. The maximum absolute atomic E-state index is 15.1. The lowest BCUT2D eigenvalue weighted by molar-refractivity contribution is -0.103. The van der Waals surface area contributed by atoms with Gasteiger partial charge in [0.1, 0.15) is 18.2 Å². The molecule has 2 aromatic rings. The minimum absolute atomic E-state index is 0.0106. The maximum atomic E-state index is 15.1. The van der Waals surface area contributed by atoms with Crippen LogP contribution in [0.25, 0.3) is 0 Å². The number of rotatable bonds is 6. The molecule has 1 atom stereocenters. The number of halogens is 3. The van der Waals surface area contributed by atoms with Crippen molar-refractivity contribution < 1.29 is 27.4 Å². The van der Waals surface area contributed by atoms with E-state index in [2.05, 4.69) is 15.1 Å². The van der Waals surface area contributed by atoms with Gasteiger partial charge in [-0.2, -0.15) is 8.78 Å². The van der Waals surface area contributed by atoms with Crippen molar-refractivity contribution in [2.24, 2.45) is 0 Å². The van der Waals surface area contributed by atoms with Crippen LogP contribution in [-0.2, 0) is 17.3 Å². The Labute approximate surface area is 191 Å². The molecule has 0 aliphatic carbocycles. The number of hydrogen-bond donors (Lipinski definition) is 1. The van der Waals surface area contributed by atoms with E-state index in [9.17, 15) is 13.6 Å². The second-order valence-electron chi connectivity index (χ2n) is 8.83. The third-order valence-corrected chi connectivity index (χ3v) is 6.34. The fraction of sp³-hybridized carbons (Fsp3) is 0.458. The van der Waals surface area contributed by atoms with Crippen molar-refractivity contribution in [2.75, 3.05) is 45.8 Å². The second-order valence-corrected chi connectivity index (χ2v) is 8.83. The van der Waals surface area contributed by atoms with E-state index in [1.807, 2.05) is 14.1 Å².